The van der Waals surface area contributed by atoms with Crippen LogP contribution in [0, 0.1) is 18.3 Å². The molecule has 0 unspecified atom stereocenters. The van der Waals surface area contributed by atoms with E-state index in [2.05, 4.69) is 4.98 Å². The number of para-hydroxylation sites is 1. The Morgan fingerprint density at radius 1 is 1.23 bits per heavy atom. The zero-order chi connectivity index (χ0) is 18.5. The van der Waals surface area contributed by atoms with Crippen molar-refractivity contribution in [3.8, 4) is 11.8 Å². The number of nitrogens with zero attached hydrogens (tertiary/aromatic N) is 2. The first-order valence-electron chi connectivity index (χ1n) is 7.90. The Morgan fingerprint density at radius 3 is 2.85 bits per heavy atom. The summed E-state index contributed by atoms with van der Waals surface area (Å²) in [5.74, 6) is -0.217. The van der Waals surface area contributed by atoms with Crippen molar-refractivity contribution in [3.63, 3.8) is 0 Å². The Balaban J connectivity index is 1.62. The minimum absolute atomic E-state index is 0.00224. The third kappa shape index (κ3) is 4.11. The molecule has 1 aromatic heterocycles. The molecular formula is C20H15ClN2O3. The summed E-state index contributed by atoms with van der Waals surface area (Å²) in [7, 11) is 0. The van der Waals surface area contributed by atoms with Crippen LogP contribution < -0.4 is 4.74 Å². The summed E-state index contributed by atoms with van der Waals surface area (Å²) in [6.07, 6.45) is 0. The number of fused-ring (bicyclic) bond motifs is 1. The van der Waals surface area contributed by atoms with Gasteiger partial charge in [-0.2, -0.15) is 5.26 Å². The largest absolute Gasteiger partial charge is 0.481 e. The molecule has 26 heavy (non-hydrogen) atoms. The van der Waals surface area contributed by atoms with E-state index < -0.39 is 5.97 Å². The monoisotopic (exact) mass is 366 g/mol. The molecule has 130 valence electrons. The van der Waals surface area contributed by atoms with E-state index in [1.165, 1.54) is 0 Å². The molecule has 0 bridgehead atoms. The molecule has 0 fully saturated rings. The van der Waals surface area contributed by atoms with E-state index in [0.717, 1.165) is 16.5 Å². The quantitative estimate of drug-likeness (QED) is 0.500. The lowest BCUT2D eigenvalue weighted by Gasteiger charge is -2.09. The molecule has 1 heterocycles. The third-order valence-electron chi connectivity index (χ3n) is 3.74. The highest BCUT2D eigenvalue weighted by Crippen LogP contribution is 2.22. The van der Waals surface area contributed by atoms with Gasteiger partial charge in [-0.15, -0.1) is 0 Å². The number of hydrogen-bond acceptors (Lipinski definition) is 5. The van der Waals surface area contributed by atoms with E-state index in [0.29, 0.717) is 22.0 Å². The molecule has 0 spiro atoms. The molecule has 0 amide bonds. The summed E-state index contributed by atoms with van der Waals surface area (Å²) in [4.78, 5) is 16.3. The van der Waals surface area contributed by atoms with Crippen LogP contribution >= 0.6 is 11.6 Å². The van der Waals surface area contributed by atoms with Crippen molar-refractivity contribution in [2.24, 2.45) is 0 Å². The highest BCUT2D eigenvalue weighted by molar-refractivity contribution is 6.30. The minimum atomic E-state index is -0.558. The molecule has 0 aliphatic carbocycles. The lowest BCUT2D eigenvalue weighted by atomic mass is 10.1. The Hall–Kier alpha value is -3.10. The summed E-state index contributed by atoms with van der Waals surface area (Å²) < 4.78 is 10.6. The van der Waals surface area contributed by atoms with Crippen LogP contribution in [0.5, 0.6) is 5.75 Å². The molecule has 0 aliphatic rings. The Bertz CT molecular complexity index is 1010. The fourth-order valence-corrected chi connectivity index (χ4v) is 2.62. The van der Waals surface area contributed by atoms with Crippen molar-refractivity contribution in [2.75, 3.05) is 6.61 Å². The van der Waals surface area contributed by atoms with Crippen LogP contribution in [0.1, 0.15) is 16.7 Å². The Labute approximate surface area is 155 Å². The van der Waals surface area contributed by atoms with E-state index in [9.17, 15) is 4.79 Å². The summed E-state index contributed by atoms with van der Waals surface area (Å²) in [5.41, 5.74) is 2.86. The predicted octanol–water partition coefficient (Wildman–Crippen LogP) is 4.19. The van der Waals surface area contributed by atoms with Gasteiger partial charge in [-0.05, 0) is 36.8 Å². The molecule has 0 saturated carbocycles. The number of hydrogen-bond donors (Lipinski definition) is 0. The lowest BCUT2D eigenvalue weighted by molar-refractivity contribution is -0.147. The van der Waals surface area contributed by atoms with Crippen molar-refractivity contribution in [1.29, 1.82) is 5.26 Å². The zero-order valence-corrected chi connectivity index (χ0v) is 14.8. The number of aromatic nitrogens is 1. The maximum absolute atomic E-state index is 11.9. The second kappa shape index (κ2) is 7.85. The highest BCUT2D eigenvalue weighted by Gasteiger charge is 2.11. The first kappa shape index (κ1) is 17.7. The number of carbonyl (C=O) groups is 1. The van der Waals surface area contributed by atoms with E-state index in [4.69, 9.17) is 26.3 Å². The van der Waals surface area contributed by atoms with Crippen molar-refractivity contribution in [1.82, 2.24) is 4.98 Å². The summed E-state index contributed by atoms with van der Waals surface area (Å²) in [5, 5.41) is 10.2. The second-order valence-electron chi connectivity index (χ2n) is 5.69. The van der Waals surface area contributed by atoms with Gasteiger partial charge in [-0.3, -0.25) is 0 Å². The number of benzene rings is 2. The Kier molecular flexibility index (Phi) is 5.35. The van der Waals surface area contributed by atoms with Crippen molar-refractivity contribution in [3.05, 3.63) is 70.4 Å². The topological polar surface area (TPSA) is 72.2 Å². The van der Waals surface area contributed by atoms with Crippen LogP contribution in [0.2, 0.25) is 5.15 Å². The first-order chi connectivity index (χ1) is 12.6. The van der Waals surface area contributed by atoms with Crippen LogP contribution in [0.4, 0.5) is 0 Å². The average Bonchev–Trinajstić information content (AvgIpc) is 2.64. The van der Waals surface area contributed by atoms with Gasteiger partial charge in [0.25, 0.3) is 0 Å². The smallest absolute Gasteiger partial charge is 0.344 e. The minimum Gasteiger partial charge on any atom is -0.481 e. The summed E-state index contributed by atoms with van der Waals surface area (Å²) in [6.45, 7) is 1.68. The predicted molar refractivity (Wildman–Crippen MR) is 97.9 cm³/mol. The third-order valence-corrected chi connectivity index (χ3v) is 4.07. The van der Waals surface area contributed by atoms with Crippen molar-refractivity contribution < 1.29 is 14.3 Å². The number of halogens is 1. The molecule has 2 aromatic carbocycles. The number of aryl methyl sites for hydroxylation is 1. The number of nitriles is 1. The average molecular weight is 367 g/mol. The van der Waals surface area contributed by atoms with E-state index in [-0.39, 0.29) is 13.2 Å². The zero-order valence-electron chi connectivity index (χ0n) is 14.0. The van der Waals surface area contributed by atoms with Gasteiger partial charge in [0.2, 0.25) is 0 Å². The van der Waals surface area contributed by atoms with Gasteiger partial charge in [0, 0.05) is 10.9 Å². The molecule has 0 atom stereocenters. The number of rotatable bonds is 5. The Morgan fingerprint density at radius 2 is 2.04 bits per heavy atom. The molecule has 0 radical (unpaired) electrons. The molecule has 6 heteroatoms. The lowest BCUT2D eigenvalue weighted by Crippen LogP contribution is -2.15. The van der Waals surface area contributed by atoms with Crippen LogP contribution in [0.3, 0.4) is 0 Å². The van der Waals surface area contributed by atoms with Gasteiger partial charge in [-0.25, -0.2) is 9.78 Å². The maximum Gasteiger partial charge on any atom is 0.344 e. The normalized spacial score (nSPS) is 10.3. The molecular weight excluding hydrogens is 352 g/mol. The van der Waals surface area contributed by atoms with Gasteiger partial charge >= 0.3 is 5.97 Å². The number of ether oxygens (including phenoxy) is 2. The van der Waals surface area contributed by atoms with E-state index in [1.807, 2.05) is 37.3 Å². The molecule has 3 rings (SSSR count). The van der Waals surface area contributed by atoms with Crippen LogP contribution in [-0.2, 0) is 16.1 Å². The SMILES string of the molecule is Cc1ccc2cc(COC(=O)COc3ccccc3C#N)c(Cl)nc2c1. The van der Waals surface area contributed by atoms with Crippen molar-refractivity contribution >= 4 is 28.5 Å². The van der Waals surface area contributed by atoms with Crippen LogP contribution in [-0.4, -0.2) is 17.6 Å². The molecule has 0 saturated heterocycles. The maximum atomic E-state index is 11.9. The van der Waals surface area contributed by atoms with E-state index in [1.54, 1.807) is 24.3 Å². The second-order valence-corrected chi connectivity index (χ2v) is 6.05. The number of esters is 1. The van der Waals surface area contributed by atoms with Gasteiger partial charge in [-0.1, -0.05) is 35.9 Å². The number of pyridine rings is 1. The van der Waals surface area contributed by atoms with Gasteiger partial charge < -0.3 is 9.47 Å². The number of carbonyl (C=O) groups excluding carboxylic acids is 1. The molecule has 0 N–H and O–H groups in total. The standard InChI is InChI=1S/C20H15ClN2O3/c1-13-6-7-14-9-16(20(21)23-17(14)8-13)11-26-19(24)12-25-18-5-3-2-4-15(18)10-22/h2-9H,11-12H2,1H3. The van der Waals surface area contributed by atoms with Crippen LogP contribution in [0.15, 0.2) is 48.5 Å². The highest BCUT2D eigenvalue weighted by atomic mass is 35.5. The van der Waals surface area contributed by atoms with E-state index >= 15 is 0 Å². The van der Waals surface area contributed by atoms with Crippen molar-refractivity contribution in [2.45, 2.75) is 13.5 Å². The van der Waals surface area contributed by atoms with Gasteiger partial charge in [0.05, 0.1) is 11.1 Å². The van der Waals surface area contributed by atoms with Crippen LogP contribution in [0.25, 0.3) is 10.9 Å². The molecule has 0 aliphatic heterocycles. The van der Waals surface area contributed by atoms with Gasteiger partial charge in [0.15, 0.2) is 6.61 Å². The molecule has 5 nitrogen and oxygen atoms in total. The fraction of sp³-hybridized carbons (Fsp3) is 0.150. The summed E-state index contributed by atoms with van der Waals surface area (Å²) >= 11 is 6.18. The fourth-order valence-electron chi connectivity index (χ4n) is 2.42. The van der Waals surface area contributed by atoms with Gasteiger partial charge in [0.1, 0.15) is 23.6 Å². The molecule has 3 aromatic rings. The first-order valence-corrected chi connectivity index (χ1v) is 8.28. The summed E-state index contributed by atoms with van der Waals surface area (Å²) in [6, 6.07) is 16.4.